The molecule has 0 unspecified atom stereocenters. The van der Waals surface area contributed by atoms with Gasteiger partial charge in [-0.15, -0.1) is 0 Å². The summed E-state index contributed by atoms with van der Waals surface area (Å²) in [4.78, 5) is 16.3. The molecule has 0 aliphatic rings. The van der Waals surface area contributed by atoms with Gasteiger partial charge in [0.2, 0.25) is 5.91 Å². The Kier molecular flexibility index (Phi) is 5.15. The number of nitrogens with zero attached hydrogens (tertiary/aromatic N) is 1. The molecule has 0 saturated carbocycles. The second-order valence-electron chi connectivity index (χ2n) is 5.41. The maximum Gasteiger partial charge on any atom is 0.224 e. The summed E-state index contributed by atoms with van der Waals surface area (Å²) >= 11 is 0. The van der Waals surface area contributed by atoms with Crippen molar-refractivity contribution in [1.82, 2.24) is 10.3 Å². The highest BCUT2D eigenvalue weighted by atomic mass is 16.5. The number of nitrogens with one attached hydrogen (secondary N) is 1. The molecule has 0 radical (unpaired) electrons. The SMILES string of the molecule is COc1c(C)cc(CC(=O)NCc2ccccn2)c(C)c1C. The molecule has 0 fully saturated rings. The van der Waals surface area contributed by atoms with Gasteiger partial charge in [0.1, 0.15) is 5.75 Å². The summed E-state index contributed by atoms with van der Waals surface area (Å²) in [5.74, 6) is 0.896. The number of pyridine rings is 1. The minimum atomic E-state index is -0.00211. The standard InChI is InChI=1S/C18H22N2O2/c1-12-9-15(13(2)14(3)18(12)22-4)10-17(21)20-11-16-7-5-6-8-19-16/h5-9H,10-11H2,1-4H3,(H,20,21). The fourth-order valence-corrected chi connectivity index (χ4v) is 2.57. The number of aryl methyl sites for hydroxylation is 1. The van der Waals surface area contributed by atoms with Gasteiger partial charge < -0.3 is 10.1 Å². The Morgan fingerprint density at radius 1 is 1.23 bits per heavy atom. The fraction of sp³-hybridized carbons (Fsp3) is 0.333. The topological polar surface area (TPSA) is 51.2 Å². The first-order valence-corrected chi connectivity index (χ1v) is 7.33. The quantitative estimate of drug-likeness (QED) is 0.923. The largest absolute Gasteiger partial charge is 0.496 e. The maximum atomic E-state index is 12.1. The van der Waals surface area contributed by atoms with E-state index in [1.165, 1.54) is 0 Å². The Morgan fingerprint density at radius 3 is 2.64 bits per heavy atom. The van der Waals surface area contributed by atoms with Crippen molar-refractivity contribution >= 4 is 5.91 Å². The van der Waals surface area contributed by atoms with Crippen LogP contribution in [-0.2, 0) is 17.8 Å². The number of aromatic nitrogens is 1. The van der Waals surface area contributed by atoms with Crippen molar-refractivity contribution in [2.75, 3.05) is 7.11 Å². The number of hydrogen-bond acceptors (Lipinski definition) is 3. The molecule has 1 N–H and O–H groups in total. The minimum absolute atomic E-state index is 0.00211. The molecule has 1 aromatic heterocycles. The summed E-state index contributed by atoms with van der Waals surface area (Å²) in [5.41, 5.74) is 5.15. The van der Waals surface area contributed by atoms with Gasteiger partial charge in [-0.2, -0.15) is 0 Å². The van der Waals surface area contributed by atoms with E-state index < -0.39 is 0 Å². The molecule has 0 aliphatic carbocycles. The predicted molar refractivity (Wildman–Crippen MR) is 87.0 cm³/mol. The maximum absolute atomic E-state index is 12.1. The third kappa shape index (κ3) is 3.64. The zero-order valence-corrected chi connectivity index (χ0v) is 13.6. The highest BCUT2D eigenvalue weighted by Gasteiger charge is 2.13. The molecule has 4 heteroatoms. The lowest BCUT2D eigenvalue weighted by Crippen LogP contribution is -2.25. The number of carbonyl (C=O) groups excluding carboxylic acids is 1. The van der Waals surface area contributed by atoms with Crippen LogP contribution in [0, 0.1) is 20.8 Å². The molecule has 1 amide bonds. The summed E-state index contributed by atoms with van der Waals surface area (Å²) in [7, 11) is 1.67. The number of hydrogen-bond donors (Lipinski definition) is 1. The average Bonchev–Trinajstić information content (AvgIpc) is 2.52. The van der Waals surface area contributed by atoms with E-state index in [1.807, 2.05) is 45.0 Å². The first-order chi connectivity index (χ1) is 10.5. The summed E-state index contributed by atoms with van der Waals surface area (Å²) in [6.07, 6.45) is 2.09. The van der Waals surface area contributed by atoms with E-state index in [-0.39, 0.29) is 5.91 Å². The normalized spacial score (nSPS) is 10.4. The van der Waals surface area contributed by atoms with Crippen molar-refractivity contribution in [2.24, 2.45) is 0 Å². The van der Waals surface area contributed by atoms with Gasteiger partial charge in [0.05, 0.1) is 25.8 Å². The molecular formula is C18H22N2O2. The lowest BCUT2D eigenvalue weighted by atomic mass is 9.96. The van der Waals surface area contributed by atoms with Crippen LogP contribution in [0.3, 0.4) is 0 Å². The number of amides is 1. The molecule has 0 spiro atoms. The van der Waals surface area contributed by atoms with Crippen LogP contribution in [0.25, 0.3) is 0 Å². The van der Waals surface area contributed by atoms with Gasteiger partial charge >= 0.3 is 0 Å². The van der Waals surface area contributed by atoms with Gasteiger partial charge in [-0.25, -0.2) is 0 Å². The van der Waals surface area contributed by atoms with Crippen LogP contribution in [0.4, 0.5) is 0 Å². The molecule has 2 aromatic rings. The van der Waals surface area contributed by atoms with Crippen molar-refractivity contribution in [3.8, 4) is 5.75 Å². The highest BCUT2D eigenvalue weighted by molar-refractivity contribution is 5.79. The van der Waals surface area contributed by atoms with Gasteiger partial charge in [0.25, 0.3) is 0 Å². The van der Waals surface area contributed by atoms with Crippen LogP contribution in [0.2, 0.25) is 0 Å². The summed E-state index contributed by atoms with van der Waals surface area (Å²) in [6, 6.07) is 7.70. The third-order valence-corrected chi connectivity index (χ3v) is 3.88. The number of methoxy groups -OCH3 is 1. The molecule has 0 bridgehead atoms. The van der Waals surface area contributed by atoms with Crippen molar-refractivity contribution in [3.05, 3.63) is 58.4 Å². The van der Waals surface area contributed by atoms with E-state index in [0.29, 0.717) is 13.0 Å². The molecule has 0 aliphatic heterocycles. The van der Waals surface area contributed by atoms with E-state index in [9.17, 15) is 4.79 Å². The number of benzene rings is 1. The monoisotopic (exact) mass is 298 g/mol. The average molecular weight is 298 g/mol. The smallest absolute Gasteiger partial charge is 0.224 e. The molecule has 1 aromatic carbocycles. The van der Waals surface area contributed by atoms with Crippen molar-refractivity contribution in [3.63, 3.8) is 0 Å². The highest BCUT2D eigenvalue weighted by Crippen LogP contribution is 2.28. The Balaban J connectivity index is 2.06. The summed E-state index contributed by atoms with van der Waals surface area (Å²) in [5, 5.41) is 2.91. The summed E-state index contributed by atoms with van der Waals surface area (Å²) in [6.45, 7) is 6.50. The zero-order chi connectivity index (χ0) is 16.1. The van der Waals surface area contributed by atoms with Crippen molar-refractivity contribution < 1.29 is 9.53 Å². The fourth-order valence-electron chi connectivity index (χ4n) is 2.57. The number of ether oxygens (including phenoxy) is 1. The van der Waals surface area contributed by atoms with Gasteiger partial charge in [-0.05, 0) is 55.2 Å². The lowest BCUT2D eigenvalue weighted by molar-refractivity contribution is -0.120. The number of rotatable bonds is 5. The van der Waals surface area contributed by atoms with Crippen LogP contribution in [-0.4, -0.2) is 18.0 Å². The van der Waals surface area contributed by atoms with E-state index in [2.05, 4.69) is 10.3 Å². The van der Waals surface area contributed by atoms with Crippen LogP contribution in [0.5, 0.6) is 5.75 Å². The van der Waals surface area contributed by atoms with Crippen LogP contribution in [0.15, 0.2) is 30.5 Å². The molecule has 2 rings (SSSR count). The van der Waals surface area contributed by atoms with Crippen molar-refractivity contribution in [1.29, 1.82) is 0 Å². The van der Waals surface area contributed by atoms with E-state index in [1.54, 1.807) is 13.3 Å². The van der Waals surface area contributed by atoms with Crippen LogP contribution < -0.4 is 10.1 Å². The summed E-state index contributed by atoms with van der Waals surface area (Å²) < 4.78 is 5.41. The number of carbonyl (C=O) groups is 1. The first-order valence-electron chi connectivity index (χ1n) is 7.33. The molecule has 22 heavy (non-hydrogen) atoms. The zero-order valence-electron chi connectivity index (χ0n) is 13.6. The third-order valence-electron chi connectivity index (χ3n) is 3.88. The van der Waals surface area contributed by atoms with E-state index >= 15 is 0 Å². The Bertz CT molecular complexity index is 667. The minimum Gasteiger partial charge on any atom is -0.496 e. The van der Waals surface area contributed by atoms with Gasteiger partial charge in [-0.1, -0.05) is 12.1 Å². The Labute approximate surface area is 131 Å². The van der Waals surface area contributed by atoms with E-state index in [4.69, 9.17) is 4.74 Å². The van der Waals surface area contributed by atoms with Gasteiger partial charge in [-0.3, -0.25) is 9.78 Å². The Hall–Kier alpha value is -2.36. The molecule has 1 heterocycles. The van der Waals surface area contributed by atoms with Gasteiger partial charge in [0, 0.05) is 6.20 Å². The predicted octanol–water partition coefficient (Wildman–Crippen LogP) is 2.87. The second-order valence-corrected chi connectivity index (χ2v) is 5.41. The van der Waals surface area contributed by atoms with Crippen LogP contribution in [0.1, 0.15) is 27.9 Å². The molecular weight excluding hydrogens is 276 g/mol. The van der Waals surface area contributed by atoms with E-state index in [0.717, 1.165) is 33.7 Å². The molecule has 0 saturated heterocycles. The molecule has 4 nitrogen and oxygen atoms in total. The van der Waals surface area contributed by atoms with Crippen molar-refractivity contribution in [2.45, 2.75) is 33.7 Å². The lowest BCUT2D eigenvalue weighted by Gasteiger charge is -2.15. The Morgan fingerprint density at radius 2 is 2.00 bits per heavy atom. The van der Waals surface area contributed by atoms with Gasteiger partial charge in [0.15, 0.2) is 0 Å². The first kappa shape index (κ1) is 16.0. The van der Waals surface area contributed by atoms with Crippen LogP contribution >= 0.6 is 0 Å². The molecule has 116 valence electrons. The molecule has 0 atom stereocenters. The second kappa shape index (κ2) is 7.07.